The van der Waals surface area contributed by atoms with Gasteiger partial charge in [-0.15, -0.1) is 0 Å². The van der Waals surface area contributed by atoms with Crippen LogP contribution in [0.2, 0.25) is 0 Å². The normalized spacial score (nSPS) is 21.3. The molecule has 0 spiro atoms. The third kappa shape index (κ3) is 3.65. The van der Waals surface area contributed by atoms with E-state index in [1.165, 1.54) is 24.8 Å². The summed E-state index contributed by atoms with van der Waals surface area (Å²) in [7, 11) is 0. The third-order valence-corrected chi connectivity index (χ3v) is 4.10. The number of hydrogen-bond acceptors (Lipinski definition) is 2. The Labute approximate surface area is 117 Å². The Morgan fingerprint density at radius 2 is 1.84 bits per heavy atom. The van der Waals surface area contributed by atoms with Crippen molar-refractivity contribution in [3.63, 3.8) is 0 Å². The molecule has 2 nitrogen and oxygen atoms in total. The number of unbranched alkanes of at least 4 members (excludes halogenated alkanes) is 1. The van der Waals surface area contributed by atoms with Gasteiger partial charge >= 0.3 is 0 Å². The van der Waals surface area contributed by atoms with Gasteiger partial charge in [0.15, 0.2) is 11.5 Å². The summed E-state index contributed by atoms with van der Waals surface area (Å²) in [5.74, 6) is 1.46. The van der Waals surface area contributed by atoms with Crippen molar-refractivity contribution in [1.29, 1.82) is 0 Å². The number of phenols is 2. The van der Waals surface area contributed by atoms with Crippen molar-refractivity contribution in [2.45, 2.75) is 59.8 Å². The van der Waals surface area contributed by atoms with Gasteiger partial charge in [-0.2, -0.15) is 0 Å². The molecule has 108 valence electrons. The van der Waals surface area contributed by atoms with Gasteiger partial charge in [0.05, 0.1) is 0 Å². The van der Waals surface area contributed by atoms with E-state index >= 15 is 0 Å². The smallest absolute Gasteiger partial charge is 0.160 e. The number of fused-ring (bicyclic) bond motifs is 1. The average Bonchev–Trinajstić information content (AvgIpc) is 2.43. The van der Waals surface area contributed by atoms with Crippen LogP contribution in [-0.2, 0) is 12.8 Å². The summed E-state index contributed by atoms with van der Waals surface area (Å²) in [6, 6.07) is 3.56. The van der Waals surface area contributed by atoms with E-state index in [1.54, 1.807) is 6.07 Å². The molecule has 2 rings (SSSR count). The zero-order valence-electron chi connectivity index (χ0n) is 12.7. The van der Waals surface area contributed by atoms with Gasteiger partial charge in [-0.1, -0.05) is 46.6 Å². The van der Waals surface area contributed by atoms with Crippen LogP contribution >= 0.6 is 0 Å². The first-order valence-electron chi connectivity index (χ1n) is 7.66. The zero-order valence-corrected chi connectivity index (χ0v) is 12.7. The molecule has 0 amide bonds. The van der Waals surface area contributed by atoms with Crippen molar-refractivity contribution >= 4 is 0 Å². The highest BCUT2D eigenvalue weighted by molar-refractivity contribution is 5.50. The summed E-state index contributed by atoms with van der Waals surface area (Å²) in [5.41, 5.74) is 2.18. The van der Waals surface area contributed by atoms with E-state index in [0.717, 1.165) is 18.4 Å². The molecule has 2 atom stereocenters. The van der Waals surface area contributed by atoms with Crippen LogP contribution in [0.1, 0.15) is 58.1 Å². The summed E-state index contributed by atoms with van der Waals surface area (Å²) in [4.78, 5) is 0. The molecule has 2 heteroatoms. The van der Waals surface area contributed by atoms with Gasteiger partial charge in [0.1, 0.15) is 0 Å². The Bertz CT molecular complexity index is 398. The molecule has 2 N–H and O–H groups in total. The first-order chi connectivity index (χ1) is 9.13. The Balaban J connectivity index is 0.000000861. The molecular weight excluding hydrogens is 236 g/mol. The van der Waals surface area contributed by atoms with Gasteiger partial charge in [0, 0.05) is 5.56 Å². The lowest BCUT2D eigenvalue weighted by Crippen LogP contribution is -2.23. The molecule has 0 bridgehead atoms. The van der Waals surface area contributed by atoms with Crippen molar-refractivity contribution in [2.24, 2.45) is 11.8 Å². The number of rotatable bonds is 3. The van der Waals surface area contributed by atoms with Gasteiger partial charge in [0.25, 0.3) is 0 Å². The summed E-state index contributed by atoms with van der Waals surface area (Å²) >= 11 is 0. The maximum Gasteiger partial charge on any atom is 0.160 e. The monoisotopic (exact) mass is 264 g/mol. The molecule has 1 aliphatic carbocycles. The number of phenolic OH excluding ortho intramolecular Hbond substituents is 2. The predicted molar refractivity (Wildman–Crippen MR) is 80.7 cm³/mol. The highest BCUT2D eigenvalue weighted by atomic mass is 16.3. The molecule has 1 aromatic carbocycles. The number of aromatic hydroxyl groups is 2. The van der Waals surface area contributed by atoms with E-state index in [4.69, 9.17) is 0 Å². The van der Waals surface area contributed by atoms with Gasteiger partial charge in [-0.25, -0.2) is 0 Å². The third-order valence-electron chi connectivity index (χ3n) is 4.10. The molecule has 1 aromatic rings. The molecule has 0 unspecified atom stereocenters. The fraction of sp³-hybridized carbons (Fsp3) is 0.647. The molecule has 0 radical (unpaired) electrons. The second kappa shape index (κ2) is 7.42. The Morgan fingerprint density at radius 3 is 2.47 bits per heavy atom. The van der Waals surface area contributed by atoms with E-state index in [0.29, 0.717) is 11.8 Å². The van der Waals surface area contributed by atoms with Crippen molar-refractivity contribution < 1.29 is 10.2 Å². The summed E-state index contributed by atoms with van der Waals surface area (Å²) in [5, 5.41) is 19.5. The van der Waals surface area contributed by atoms with Gasteiger partial charge < -0.3 is 10.2 Å². The minimum atomic E-state index is 0.0209. The van der Waals surface area contributed by atoms with Crippen LogP contribution in [0.15, 0.2) is 12.1 Å². The van der Waals surface area contributed by atoms with Crippen molar-refractivity contribution in [3.05, 3.63) is 23.3 Å². The lowest BCUT2D eigenvalue weighted by Gasteiger charge is -2.31. The molecular formula is C17H28O2. The summed E-state index contributed by atoms with van der Waals surface area (Å²) in [6.07, 6.45) is 5.65. The number of benzene rings is 1. The van der Waals surface area contributed by atoms with Crippen molar-refractivity contribution in [1.82, 2.24) is 0 Å². The lowest BCUT2D eigenvalue weighted by molar-refractivity contribution is 0.297. The Kier molecular flexibility index (Phi) is 6.20. The van der Waals surface area contributed by atoms with E-state index in [9.17, 15) is 10.2 Å². The first-order valence-corrected chi connectivity index (χ1v) is 7.66. The molecule has 0 aromatic heterocycles. The van der Waals surface area contributed by atoms with E-state index in [2.05, 4.69) is 13.8 Å². The van der Waals surface area contributed by atoms with E-state index < -0.39 is 0 Å². The molecule has 19 heavy (non-hydrogen) atoms. The van der Waals surface area contributed by atoms with Crippen LogP contribution in [0.3, 0.4) is 0 Å². The van der Waals surface area contributed by atoms with Crippen molar-refractivity contribution in [2.75, 3.05) is 0 Å². The maximum absolute atomic E-state index is 9.92. The Hall–Kier alpha value is -1.18. The highest BCUT2D eigenvalue weighted by Gasteiger charge is 2.27. The van der Waals surface area contributed by atoms with E-state index in [-0.39, 0.29) is 11.5 Å². The largest absolute Gasteiger partial charge is 0.504 e. The fourth-order valence-corrected chi connectivity index (χ4v) is 2.91. The topological polar surface area (TPSA) is 40.5 Å². The van der Waals surface area contributed by atoms with Crippen LogP contribution < -0.4 is 0 Å². The highest BCUT2D eigenvalue weighted by Crippen LogP contribution is 2.40. The van der Waals surface area contributed by atoms with Crippen LogP contribution in [0, 0.1) is 11.8 Å². The van der Waals surface area contributed by atoms with Crippen LogP contribution in [0.5, 0.6) is 11.5 Å². The molecule has 0 saturated carbocycles. The van der Waals surface area contributed by atoms with Crippen LogP contribution in [-0.4, -0.2) is 10.2 Å². The SMILES string of the molecule is CC.CCCC[C@@H]1Cc2c(ccc(O)c2O)C[C@H]1C. The van der Waals surface area contributed by atoms with Crippen LogP contribution in [0.4, 0.5) is 0 Å². The summed E-state index contributed by atoms with van der Waals surface area (Å²) in [6.45, 7) is 8.51. The van der Waals surface area contributed by atoms with E-state index in [1.807, 2.05) is 19.9 Å². The molecule has 1 aliphatic rings. The molecule has 0 aliphatic heterocycles. The zero-order chi connectivity index (χ0) is 14.4. The standard InChI is InChI=1S/C15H22O2.C2H6/c1-3-4-5-11-9-13-12(8-10(11)2)6-7-14(16)15(13)17;1-2/h6-7,10-11,16-17H,3-5,8-9H2,1-2H3;1-2H3/t10-,11-;/m1./s1. The first kappa shape index (κ1) is 15.9. The lowest BCUT2D eigenvalue weighted by atomic mass is 9.74. The number of hydrogen-bond donors (Lipinski definition) is 2. The van der Waals surface area contributed by atoms with Gasteiger partial charge in [0.2, 0.25) is 0 Å². The summed E-state index contributed by atoms with van der Waals surface area (Å²) < 4.78 is 0. The van der Waals surface area contributed by atoms with Crippen LogP contribution in [0.25, 0.3) is 0 Å². The second-order valence-electron chi connectivity index (χ2n) is 5.36. The Morgan fingerprint density at radius 1 is 1.16 bits per heavy atom. The van der Waals surface area contributed by atoms with Crippen molar-refractivity contribution in [3.8, 4) is 11.5 Å². The molecule has 0 heterocycles. The molecule has 0 fully saturated rings. The maximum atomic E-state index is 9.92. The second-order valence-corrected chi connectivity index (χ2v) is 5.36. The van der Waals surface area contributed by atoms with Gasteiger partial charge in [-0.05, 0) is 42.7 Å². The average molecular weight is 264 g/mol. The van der Waals surface area contributed by atoms with Gasteiger partial charge in [-0.3, -0.25) is 0 Å². The minimum absolute atomic E-state index is 0.0209. The predicted octanol–water partition coefficient (Wildman–Crippen LogP) is 4.67. The minimum Gasteiger partial charge on any atom is -0.504 e. The quantitative estimate of drug-likeness (QED) is 0.779. The fourth-order valence-electron chi connectivity index (χ4n) is 2.91. The molecule has 0 saturated heterocycles.